The van der Waals surface area contributed by atoms with E-state index >= 15 is 0 Å². The molecule has 9 heteroatoms. The average Bonchev–Trinajstić information content (AvgIpc) is 3.64. The Balaban J connectivity index is 1.30. The van der Waals surface area contributed by atoms with Crippen LogP contribution in [0.2, 0.25) is 0 Å². The minimum Gasteiger partial charge on any atom is -0.465 e. The Kier molecular flexibility index (Phi) is 7.66. The number of carbonyl (C=O) groups is 2. The molecule has 0 radical (unpaired) electrons. The largest absolute Gasteiger partial charge is 0.465 e. The van der Waals surface area contributed by atoms with Crippen LogP contribution in [0.3, 0.4) is 0 Å². The third-order valence-corrected chi connectivity index (χ3v) is 7.82. The molecule has 2 aromatic heterocycles. The summed E-state index contributed by atoms with van der Waals surface area (Å²) in [6.07, 6.45) is 3.94. The zero-order valence-electron chi connectivity index (χ0n) is 22.9. The van der Waals surface area contributed by atoms with Gasteiger partial charge >= 0.3 is 5.97 Å². The number of anilines is 1. The van der Waals surface area contributed by atoms with Crippen LogP contribution < -0.4 is 10.6 Å². The summed E-state index contributed by atoms with van der Waals surface area (Å²) in [6, 6.07) is 30.4. The number of nitrogens with one attached hydrogen (secondary N) is 2. The first-order valence-electron chi connectivity index (χ1n) is 13.6. The summed E-state index contributed by atoms with van der Waals surface area (Å²) < 4.78 is 6.97. The summed E-state index contributed by atoms with van der Waals surface area (Å²) in [5, 5.41) is 9.14. The van der Waals surface area contributed by atoms with Crippen molar-refractivity contribution in [2.24, 2.45) is 0 Å². The van der Waals surface area contributed by atoms with Crippen molar-refractivity contribution >= 4 is 45.7 Å². The number of benzene rings is 3. The Morgan fingerprint density at radius 2 is 1.79 bits per heavy atom. The van der Waals surface area contributed by atoms with Gasteiger partial charge in [0.15, 0.2) is 5.11 Å². The molecule has 5 aromatic rings. The number of esters is 1. The number of hydrogen-bond acceptors (Lipinski definition) is 5. The molecule has 1 fully saturated rings. The summed E-state index contributed by atoms with van der Waals surface area (Å²) in [4.78, 5) is 32.1. The van der Waals surface area contributed by atoms with Crippen LogP contribution in [0.5, 0.6) is 0 Å². The number of fused-ring (bicyclic) bond motifs is 1. The van der Waals surface area contributed by atoms with Gasteiger partial charge in [-0.15, -0.1) is 0 Å². The van der Waals surface area contributed by atoms with Gasteiger partial charge in [0.25, 0.3) is 0 Å². The Morgan fingerprint density at radius 3 is 2.62 bits per heavy atom. The predicted molar refractivity (Wildman–Crippen MR) is 166 cm³/mol. The molecular formula is C33H29N5O3S. The fourth-order valence-corrected chi connectivity index (χ4v) is 5.84. The highest BCUT2D eigenvalue weighted by Gasteiger charge is 2.41. The van der Waals surface area contributed by atoms with E-state index in [2.05, 4.69) is 15.6 Å². The van der Waals surface area contributed by atoms with Crippen molar-refractivity contribution in [1.82, 2.24) is 19.8 Å². The Labute approximate surface area is 248 Å². The molecule has 1 saturated heterocycles. The molecule has 0 saturated carbocycles. The number of rotatable bonds is 8. The van der Waals surface area contributed by atoms with E-state index in [1.165, 1.54) is 7.11 Å². The molecule has 210 valence electrons. The molecular weight excluding hydrogens is 546 g/mol. The number of pyridine rings is 1. The molecule has 0 bridgehead atoms. The van der Waals surface area contributed by atoms with Crippen LogP contribution >= 0.6 is 12.2 Å². The number of amides is 1. The highest BCUT2D eigenvalue weighted by atomic mass is 32.1. The lowest BCUT2D eigenvalue weighted by Gasteiger charge is -2.29. The van der Waals surface area contributed by atoms with Crippen molar-refractivity contribution in [3.05, 3.63) is 126 Å². The number of methoxy groups -OCH3 is 1. The van der Waals surface area contributed by atoms with Crippen LogP contribution in [0, 0.1) is 0 Å². The third-order valence-electron chi connectivity index (χ3n) is 7.47. The van der Waals surface area contributed by atoms with Gasteiger partial charge in [0.2, 0.25) is 5.91 Å². The first-order chi connectivity index (χ1) is 20.5. The number of carbonyl (C=O) groups excluding carboxylic acids is 2. The zero-order chi connectivity index (χ0) is 29.1. The maximum atomic E-state index is 13.2. The molecule has 0 spiro atoms. The molecule has 2 atom stereocenters. The SMILES string of the molecule is COC(=O)c1cccc(-n2cccc2[C@H]2[C@H](c3ccccn3)NC(=S)N2CCC(=O)Nc2cccc3ccccc23)c1. The van der Waals surface area contributed by atoms with Crippen molar-refractivity contribution in [3.63, 3.8) is 0 Å². The maximum Gasteiger partial charge on any atom is 0.337 e. The van der Waals surface area contributed by atoms with Gasteiger partial charge in [-0.3, -0.25) is 9.78 Å². The monoisotopic (exact) mass is 575 g/mol. The van der Waals surface area contributed by atoms with E-state index in [1.807, 2.05) is 101 Å². The lowest BCUT2D eigenvalue weighted by Crippen LogP contribution is -2.33. The number of ether oxygens (including phenoxy) is 1. The average molecular weight is 576 g/mol. The minimum atomic E-state index is -0.403. The number of thiocarbonyl (C=S) groups is 1. The van der Waals surface area contributed by atoms with Crippen LogP contribution in [0.1, 0.15) is 40.3 Å². The van der Waals surface area contributed by atoms with Gasteiger partial charge < -0.3 is 24.8 Å². The molecule has 8 nitrogen and oxygen atoms in total. The fourth-order valence-electron chi connectivity index (χ4n) is 5.51. The van der Waals surface area contributed by atoms with E-state index in [-0.39, 0.29) is 24.4 Å². The molecule has 1 amide bonds. The molecule has 0 aliphatic carbocycles. The highest BCUT2D eigenvalue weighted by molar-refractivity contribution is 7.80. The van der Waals surface area contributed by atoms with Crippen LogP contribution in [0.25, 0.3) is 16.5 Å². The summed E-state index contributed by atoms with van der Waals surface area (Å²) in [5.41, 5.74) is 3.82. The molecule has 2 N–H and O–H groups in total. The quantitative estimate of drug-likeness (QED) is 0.178. The standard InChI is InChI=1S/C33H29N5O3S/c1-41-32(40)23-11-6-12-24(21-23)37-19-8-16-28(37)31-30(27-14-4-5-18-34-27)36-33(42)38(31)20-17-29(39)35-26-15-7-10-22-9-2-3-13-25(22)26/h2-16,18-19,21,30-31H,17,20H2,1H3,(H,35,39)(H,36,42)/t30-,31-/m0/s1. The van der Waals surface area contributed by atoms with Crippen molar-refractivity contribution in [1.29, 1.82) is 0 Å². The molecule has 0 unspecified atom stereocenters. The maximum absolute atomic E-state index is 13.2. The second-order valence-electron chi connectivity index (χ2n) is 9.99. The molecule has 1 aliphatic heterocycles. The van der Waals surface area contributed by atoms with E-state index in [9.17, 15) is 9.59 Å². The van der Waals surface area contributed by atoms with Gasteiger partial charge in [-0.05, 0) is 66.1 Å². The summed E-state index contributed by atoms with van der Waals surface area (Å²) in [7, 11) is 1.37. The normalized spacial score (nSPS) is 16.3. The Hall–Kier alpha value is -5.02. The van der Waals surface area contributed by atoms with Gasteiger partial charge in [0.1, 0.15) is 0 Å². The number of aromatic nitrogens is 2. The van der Waals surface area contributed by atoms with Crippen LogP contribution in [0.15, 0.2) is 109 Å². The van der Waals surface area contributed by atoms with Crippen molar-refractivity contribution in [2.45, 2.75) is 18.5 Å². The van der Waals surface area contributed by atoms with E-state index < -0.39 is 5.97 Å². The second-order valence-corrected chi connectivity index (χ2v) is 10.4. The smallest absolute Gasteiger partial charge is 0.337 e. The first kappa shape index (κ1) is 27.2. The number of hydrogen-bond donors (Lipinski definition) is 2. The summed E-state index contributed by atoms with van der Waals surface area (Å²) in [5.74, 6) is -0.505. The van der Waals surface area contributed by atoms with Gasteiger partial charge in [-0.2, -0.15) is 0 Å². The summed E-state index contributed by atoms with van der Waals surface area (Å²) in [6.45, 7) is 0.393. The molecule has 1 aliphatic rings. The molecule has 3 aromatic carbocycles. The third kappa shape index (κ3) is 5.34. The Bertz CT molecular complexity index is 1760. The predicted octanol–water partition coefficient (Wildman–Crippen LogP) is 5.81. The lowest BCUT2D eigenvalue weighted by molar-refractivity contribution is -0.116. The minimum absolute atomic E-state index is 0.102. The fraction of sp³-hybridized carbons (Fsp3) is 0.152. The molecule has 6 rings (SSSR count). The molecule has 3 heterocycles. The van der Waals surface area contributed by atoms with Gasteiger partial charge in [0.05, 0.1) is 30.5 Å². The van der Waals surface area contributed by atoms with E-state index in [1.54, 1.807) is 18.3 Å². The van der Waals surface area contributed by atoms with Gasteiger partial charge in [-0.25, -0.2) is 4.79 Å². The van der Waals surface area contributed by atoms with E-state index in [0.29, 0.717) is 17.2 Å². The number of nitrogens with zero attached hydrogens (tertiary/aromatic N) is 3. The van der Waals surface area contributed by atoms with Crippen molar-refractivity contribution < 1.29 is 14.3 Å². The zero-order valence-corrected chi connectivity index (χ0v) is 23.8. The highest BCUT2D eigenvalue weighted by Crippen LogP contribution is 2.39. The van der Waals surface area contributed by atoms with Gasteiger partial charge in [-0.1, -0.05) is 48.5 Å². The van der Waals surface area contributed by atoms with Crippen molar-refractivity contribution in [2.75, 3.05) is 19.0 Å². The van der Waals surface area contributed by atoms with E-state index in [0.717, 1.165) is 33.5 Å². The summed E-state index contributed by atoms with van der Waals surface area (Å²) >= 11 is 5.83. The first-order valence-corrected chi connectivity index (χ1v) is 14.1. The molecule has 42 heavy (non-hydrogen) atoms. The van der Waals surface area contributed by atoms with Gasteiger partial charge in [0, 0.05) is 47.8 Å². The van der Waals surface area contributed by atoms with Crippen LogP contribution in [0.4, 0.5) is 5.69 Å². The second kappa shape index (κ2) is 11.8. The van der Waals surface area contributed by atoms with Crippen LogP contribution in [-0.4, -0.2) is 45.1 Å². The van der Waals surface area contributed by atoms with E-state index in [4.69, 9.17) is 17.0 Å². The van der Waals surface area contributed by atoms with Crippen molar-refractivity contribution in [3.8, 4) is 5.69 Å². The Morgan fingerprint density at radius 1 is 0.976 bits per heavy atom. The van der Waals surface area contributed by atoms with Crippen LogP contribution in [-0.2, 0) is 9.53 Å². The lowest BCUT2D eigenvalue weighted by atomic mass is 10.0. The topological polar surface area (TPSA) is 88.5 Å².